The molecule has 2 aliphatic rings. The van der Waals surface area contributed by atoms with Crippen molar-refractivity contribution in [2.45, 2.75) is 43.5 Å². The minimum absolute atomic E-state index is 0.369. The van der Waals surface area contributed by atoms with Crippen LogP contribution in [-0.4, -0.2) is 69.5 Å². The predicted octanol–water partition coefficient (Wildman–Crippen LogP) is 2.69. The molecule has 0 radical (unpaired) electrons. The molecule has 10 heteroatoms. The maximum atomic E-state index is 12.9. The molecule has 1 amide bonds. The smallest absolute Gasteiger partial charge is 0.369 e. The van der Waals surface area contributed by atoms with Crippen molar-refractivity contribution < 1.29 is 26.4 Å². The monoisotopic (exact) mass is 461 g/mol. The van der Waals surface area contributed by atoms with Gasteiger partial charge in [-0.2, -0.15) is 13.2 Å². The van der Waals surface area contributed by atoms with Crippen LogP contribution in [0.1, 0.15) is 37.7 Å². The lowest BCUT2D eigenvalue weighted by Crippen LogP contribution is -2.47. The van der Waals surface area contributed by atoms with Crippen molar-refractivity contribution in [2.75, 3.05) is 49.9 Å². The highest BCUT2D eigenvalue weighted by Gasteiger charge is 2.31. The van der Waals surface area contributed by atoms with Gasteiger partial charge >= 0.3 is 6.18 Å². The summed E-state index contributed by atoms with van der Waals surface area (Å²) in [6, 6.07) is 5.39. The summed E-state index contributed by atoms with van der Waals surface area (Å²) in [5, 5.41) is 2.33. The average Bonchev–Trinajstić information content (AvgIpc) is 3.27. The molecule has 1 heterocycles. The van der Waals surface area contributed by atoms with Crippen molar-refractivity contribution >= 4 is 21.4 Å². The number of rotatable bonds is 8. The number of carbonyl (C=O) groups excluding carboxylic acids is 1. The van der Waals surface area contributed by atoms with Crippen molar-refractivity contribution in [1.29, 1.82) is 0 Å². The Kier molecular flexibility index (Phi) is 7.85. The van der Waals surface area contributed by atoms with Gasteiger partial charge in [-0.1, -0.05) is 18.9 Å². The van der Waals surface area contributed by atoms with E-state index in [1.807, 2.05) is 4.90 Å². The van der Waals surface area contributed by atoms with Crippen LogP contribution >= 0.6 is 0 Å². The molecule has 0 bridgehead atoms. The Balaban J connectivity index is 1.35. The quantitative estimate of drug-likeness (QED) is 0.603. The standard InChI is InChI=1S/C21H30F3N3O3S/c22-21(23,24)17-5-3-6-18(15-17)27-13-11-26(12-14-27)10-4-9-25-20(28)16-31(29,30)19-7-1-2-8-19/h3,5-6,15,19H,1-2,4,7-14,16H2,(H,25,28). The first kappa shape index (κ1) is 23.8. The molecule has 0 atom stereocenters. The topological polar surface area (TPSA) is 69.7 Å². The molecule has 1 aliphatic carbocycles. The fraction of sp³-hybridized carbons (Fsp3) is 0.667. The highest BCUT2D eigenvalue weighted by Crippen LogP contribution is 2.32. The largest absolute Gasteiger partial charge is 0.416 e. The zero-order valence-electron chi connectivity index (χ0n) is 17.5. The highest BCUT2D eigenvalue weighted by molar-refractivity contribution is 7.92. The van der Waals surface area contributed by atoms with E-state index in [4.69, 9.17) is 0 Å². The van der Waals surface area contributed by atoms with Crippen molar-refractivity contribution in [3.8, 4) is 0 Å². The molecule has 1 aromatic carbocycles. The number of carbonyl (C=O) groups is 1. The molecule has 1 saturated heterocycles. The Hall–Kier alpha value is -1.81. The zero-order chi connectivity index (χ0) is 22.5. The van der Waals surface area contributed by atoms with E-state index in [1.54, 1.807) is 6.07 Å². The first-order valence-corrected chi connectivity index (χ1v) is 12.5. The summed E-state index contributed by atoms with van der Waals surface area (Å²) in [6.45, 7) is 3.86. The fourth-order valence-electron chi connectivity index (χ4n) is 4.24. The molecular formula is C21H30F3N3O3S. The highest BCUT2D eigenvalue weighted by atomic mass is 32.2. The van der Waals surface area contributed by atoms with E-state index in [2.05, 4.69) is 10.2 Å². The molecule has 1 N–H and O–H groups in total. The van der Waals surface area contributed by atoms with Crippen LogP contribution in [0.3, 0.4) is 0 Å². The lowest BCUT2D eigenvalue weighted by Gasteiger charge is -2.36. The van der Waals surface area contributed by atoms with Crippen LogP contribution in [0.5, 0.6) is 0 Å². The van der Waals surface area contributed by atoms with Gasteiger partial charge < -0.3 is 10.2 Å². The number of sulfone groups is 1. The first-order valence-electron chi connectivity index (χ1n) is 10.8. The minimum atomic E-state index is -4.35. The zero-order valence-corrected chi connectivity index (χ0v) is 18.3. The number of alkyl halides is 3. The Morgan fingerprint density at radius 3 is 2.42 bits per heavy atom. The molecule has 6 nitrogen and oxygen atoms in total. The summed E-state index contributed by atoms with van der Waals surface area (Å²) < 4.78 is 63.1. The third-order valence-electron chi connectivity index (χ3n) is 6.03. The summed E-state index contributed by atoms with van der Waals surface area (Å²) >= 11 is 0. The molecule has 1 saturated carbocycles. The van der Waals surface area contributed by atoms with Gasteiger partial charge in [0.2, 0.25) is 5.91 Å². The number of amides is 1. The van der Waals surface area contributed by atoms with E-state index >= 15 is 0 Å². The second-order valence-corrected chi connectivity index (χ2v) is 10.6. The summed E-state index contributed by atoms with van der Waals surface area (Å²) in [7, 11) is -3.36. The maximum absolute atomic E-state index is 12.9. The number of nitrogens with one attached hydrogen (secondary N) is 1. The van der Waals surface area contributed by atoms with Gasteiger partial charge in [-0.25, -0.2) is 8.42 Å². The number of nitrogens with zero attached hydrogens (tertiary/aromatic N) is 2. The SMILES string of the molecule is O=C(CS(=O)(=O)C1CCCC1)NCCCN1CCN(c2cccc(C(F)(F)F)c2)CC1. The normalized spacial score (nSPS) is 19.0. The van der Waals surface area contributed by atoms with Gasteiger partial charge in [0, 0.05) is 38.4 Å². The third kappa shape index (κ3) is 6.83. The van der Waals surface area contributed by atoms with Crippen LogP contribution in [0.2, 0.25) is 0 Å². The molecule has 3 rings (SSSR count). The number of anilines is 1. The molecule has 174 valence electrons. The lowest BCUT2D eigenvalue weighted by molar-refractivity contribution is -0.137. The van der Waals surface area contributed by atoms with Gasteiger partial charge in [-0.15, -0.1) is 0 Å². The second kappa shape index (κ2) is 10.2. The molecule has 2 fully saturated rings. The average molecular weight is 462 g/mol. The molecule has 1 aromatic rings. The van der Waals surface area contributed by atoms with Gasteiger partial charge in [0.15, 0.2) is 9.84 Å². The Labute approximate surface area is 181 Å². The van der Waals surface area contributed by atoms with E-state index in [9.17, 15) is 26.4 Å². The summed E-state index contributed by atoms with van der Waals surface area (Å²) in [4.78, 5) is 16.1. The van der Waals surface area contributed by atoms with Gasteiger partial charge in [0.25, 0.3) is 0 Å². The van der Waals surface area contributed by atoms with Gasteiger partial charge in [-0.05, 0) is 44.0 Å². The van der Waals surface area contributed by atoms with E-state index in [0.29, 0.717) is 44.6 Å². The van der Waals surface area contributed by atoms with E-state index in [1.165, 1.54) is 12.1 Å². The molecule has 0 aromatic heterocycles. The van der Waals surface area contributed by atoms with Crippen molar-refractivity contribution in [2.24, 2.45) is 0 Å². The maximum Gasteiger partial charge on any atom is 0.416 e. The van der Waals surface area contributed by atoms with Crippen molar-refractivity contribution in [1.82, 2.24) is 10.2 Å². The molecule has 1 aliphatic heterocycles. The van der Waals surface area contributed by atoms with Gasteiger partial charge in [0.05, 0.1) is 10.8 Å². The van der Waals surface area contributed by atoms with Crippen LogP contribution in [0.4, 0.5) is 18.9 Å². The number of halogens is 3. The predicted molar refractivity (Wildman–Crippen MR) is 114 cm³/mol. The van der Waals surface area contributed by atoms with Crippen molar-refractivity contribution in [3.05, 3.63) is 29.8 Å². The van der Waals surface area contributed by atoms with Crippen LogP contribution in [0.25, 0.3) is 0 Å². The van der Waals surface area contributed by atoms with E-state index in [-0.39, 0.29) is 5.25 Å². The van der Waals surface area contributed by atoms with Crippen LogP contribution in [-0.2, 0) is 20.8 Å². The minimum Gasteiger partial charge on any atom is -0.369 e. The Morgan fingerprint density at radius 1 is 1.10 bits per heavy atom. The third-order valence-corrected chi connectivity index (χ3v) is 8.18. The summed E-state index contributed by atoms with van der Waals surface area (Å²) in [5.74, 6) is -0.880. The lowest BCUT2D eigenvalue weighted by atomic mass is 10.1. The molecule has 31 heavy (non-hydrogen) atoms. The van der Waals surface area contributed by atoms with Crippen molar-refractivity contribution in [3.63, 3.8) is 0 Å². The summed E-state index contributed by atoms with van der Waals surface area (Å²) in [6.07, 6.45) is -0.527. The Bertz CT molecular complexity index is 847. The fourth-order valence-corrected chi connectivity index (χ4v) is 5.99. The second-order valence-electron chi connectivity index (χ2n) is 8.29. The van der Waals surface area contributed by atoms with Crippen LogP contribution < -0.4 is 10.2 Å². The number of hydrogen-bond acceptors (Lipinski definition) is 5. The Morgan fingerprint density at radius 2 is 1.77 bits per heavy atom. The van der Waals surface area contributed by atoms with Gasteiger partial charge in [0.1, 0.15) is 5.75 Å². The van der Waals surface area contributed by atoms with E-state index < -0.39 is 33.2 Å². The number of hydrogen-bond donors (Lipinski definition) is 1. The van der Waals surface area contributed by atoms with Gasteiger partial charge in [-0.3, -0.25) is 9.69 Å². The van der Waals surface area contributed by atoms with E-state index in [0.717, 1.165) is 38.5 Å². The van der Waals surface area contributed by atoms with Crippen LogP contribution in [0.15, 0.2) is 24.3 Å². The summed E-state index contributed by atoms with van der Waals surface area (Å²) in [5.41, 5.74) is -0.0664. The number of benzene rings is 1. The number of piperazine rings is 1. The molecule has 0 unspecified atom stereocenters. The molecular weight excluding hydrogens is 431 g/mol. The molecule has 0 spiro atoms. The first-order chi connectivity index (χ1) is 14.6. The van der Waals surface area contributed by atoms with Crippen LogP contribution in [0, 0.1) is 0 Å².